The van der Waals surface area contributed by atoms with Crippen molar-refractivity contribution in [3.63, 3.8) is 0 Å². The lowest BCUT2D eigenvalue weighted by atomic mass is 9.95. The normalized spacial score (nSPS) is 19.9. The van der Waals surface area contributed by atoms with Crippen LogP contribution in [0.25, 0.3) is 0 Å². The van der Waals surface area contributed by atoms with Gasteiger partial charge in [-0.3, -0.25) is 4.79 Å². The van der Waals surface area contributed by atoms with Crippen LogP contribution < -0.4 is 0 Å². The third kappa shape index (κ3) is 4.71. The molecule has 1 aromatic carbocycles. The molecule has 2 aliphatic heterocycles. The van der Waals surface area contributed by atoms with E-state index in [1.807, 2.05) is 29.4 Å². The van der Waals surface area contributed by atoms with Crippen LogP contribution in [0.15, 0.2) is 53.7 Å². The van der Waals surface area contributed by atoms with Gasteiger partial charge in [0.1, 0.15) is 0 Å². The molecule has 0 bridgehead atoms. The molecule has 0 spiro atoms. The van der Waals surface area contributed by atoms with E-state index in [1.165, 1.54) is 10.4 Å². The van der Waals surface area contributed by atoms with Crippen LogP contribution in [-0.4, -0.2) is 54.3 Å². The maximum absolute atomic E-state index is 13.0. The van der Waals surface area contributed by atoms with Crippen molar-refractivity contribution >= 4 is 15.9 Å². The van der Waals surface area contributed by atoms with Crippen LogP contribution in [0.5, 0.6) is 0 Å². The lowest BCUT2D eigenvalue weighted by Gasteiger charge is -2.37. The van der Waals surface area contributed by atoms with E-state index in [4.69, 9.17) is 0 Å². The van der Waals surface area contributed by atoms with Crippen molar-refractivity contribution in [2.75, 3.05) is 26.2 Å². The maximum Gasteiger partial charge on any atom is 0.416 e. The molecule has 32 heavy (non-hydrogen) atoms. The molecule has 2 saturated heterocycles. The van der Waals surface area contributed by atoms with Crippen LogP contribution in [0.3, 0.4) is 0 Å². The van der Waals surface area contributed by atoms with E-state index in [1.54, 1.807) is 0 Å². The fourth-order valence-corrected chi connectivity index (χ4v) is 6.08. The Morgan fingerprint density at radius 3 is 2.12 bits per heavy atom. The average Bonchev–Trinajstić information content (AvgIpc) is 3.33. The Morgan fingerprint density at radius 2 is 1.53 bits per heavy atom. The van der Waals surface area contributed by atoms with Crippen molar-refractivity contribution < 1.29 is 26.4 Å². The van der Waals surface area contributed by atoms with Gasteiger partial charge in [0, 0.05) is 50.5 Å². The zero-order valence-electron chi connectivity index (χ0n) is 17.5. The van der Waals surface area contributed by atoms with Crippen molar-refractivity contribution in [1.29, 1.82) is 0 Å². The maximum atomic E-state index is 13.0. The van der Waals surface area contributed by atoms with Crippen LogP contribution in [0.2, 0.25) is 0 Å². The van der Waals surface area contributed by atoms with Crippen LogP contribution in [0.1, 0.15) is 37.3 Å². The first-order valence-electron chi connectivity index (χ1n) is 10.7. The largest absolute Gasteiger partial charge is 0.416 e. The monoisotopic (exact) mass is 469 g/mol. The van der Waals surface area contributed by atoms with Gasteiger partial charge in [0.25, 0.3) is 0 Å². The minimum absolute atomic E-state index is 0.0482. The van der Waals surface area contributed by atoms with Gasteiger partial charge in [-0.1, -0.05) is 6.07 Å². The summed E-state index contributed by atoms with van der Waals surface area (Å²) >= 11 is 0. The zero-order valence-corrected chi connectivity index (χ0v) is 18.4. The molecule has 2 aliphatic rings. The second-order valence-corrected chi connectivity index (χ2v) is 10.3. The van der Waals surface area contributed by atoms with Gasteiger partial charge in [-0.05, 0) is 56.0 Å². The Hall–Kier alpha value is -2.33. The highest BCUT2D eigenvalue weighted by molar-refractivity contribution is 7.89. The third-order valence-corrected chi connectivity index (χ3v) is 8.32. The molecule has 3 heterocycles. The first kappa shape index (κ1) is 22.8. The first-order valence-corrected chi connectivity index (χ1v) is 12.2. The molecular formula is C22H26F3N3O3S. The Balaban J connectivity index is 1.34. The van der Waals surface area contributed by atoms with Gasteiger partial charge in [0.05, 0.1) is 10.5 Å². The highest BCUT2D eigenvalue weighted by Crippen LogP contribution is 2.32. The standard InChI is InChI=1S/C22H26F3N3O3S/c23-22(24,25)18-4-3-5-20(16-18)32(30,31)28-14-6-17(7-15-28)21(29)27-12-8-19(9-13-27)26-10-1-2-11-26/h1-5,10-11,16-17,19H,6-9,12-15H2. The molecule has 0 saturated carbocycles. The first-order chi connectivity index (χ1) is 15.2. The van der Waals surface area contributed by atoms with Crippen LogP contribution in [0, 0.1) is 5.92 Å². The molecule has 0 unspecified atom stereocenters. The average molecular weight is 470 g/mol. The van der Waals surface area contributed by atoms with Crippen LogP contribution in [0.4, 0.5) is 13.2 Å². The van der Waals surface area contributed by atoms with E-state index >= 15 is 0 Å². The summed E-state index contributed by atoms with van der Waals surface area (Å²) in [4.78, 5) is 14.4. The minimum Gasteiger partial charge on any atom is -0.351 e. The van der Waals surface area contributed by atoms with Crippen molar-refractivity contribution in [3.8, 4) is 0 Å². The number of hydrogen-bond acceptors (Lipinski definition) is 3. The van der Waals surface area contributed by atoms with Crippen molar-refractivity contribution in [2.24, 2.45) is 5.92 Å². The number of likely N-dealkylation sites (tertiary alicyclic amines) is 1. The fraction of sp³-hybridized carbons (Fsp3) is 0.500. The number of benzene rings is 1. The number of nitrogens with zero attached hydrogens (tertiary/aromatic N) is 3. The van der Waals surface area contributed by atoms with E-state index in [-0.39, 0.29) is 29.8 Å². The molecule has 174 valence electrons. The van der Waals surface area contributed by atoms with Gasteiger partial charge in [-0.15, -0.1) is 0 Å². The number of hydrogen-bond donors (Lipinski definition) is 0. The number of carbonyl (C=O) groups excluding carboxylic acids is 1. The number of piperidine rings is 2. The molecule has 6 nitrogen and oxygen atoms in total. The van der Waals surface area contributed by atoms with Gasteiger partial charge >= 0.3 is 6.18 Å². The highest BCUT2D eigenvalue weighted by Gasteiger charge is 2.36. The molecule has 0 aliphatic carbocycles. The Kier molecular flexibility index (Phi) is 6.35. The zero-order chi connectivity index (χ0) is 22.9. The van der Waals surface area contributed by atoms with Gasteiger partial charge in [-0.2, -0.15) is 17.5 Å². The molecule has 1 aromatic heterocycles. The molecule has 4 rings (SSSR count). The van der Waals surface area contributed by atoms with Gasteiger partial charge in [0.2, 0.25) is 15.9 Å². The number of aromatic nitrogens is 1. The molecule has 0 atom stereocenters. The Morgan fingerprint density at radius 1 is 0.906 bits per heavy atom. The lowest BCUT2D eigenvalue weighted by molar-refractivity contribution is -0.138. The Labute approximate surface area is 185 Å². The number of amides is 1. The fourth-order valence-electron chi connectivity index (χ4n) is 4.56. The van der Waals surface area contributed by atoms with Gasteiger partial charge in [0.15, 0.2) is 0 Å². The second kappa shape index (κ2) is 8.90. The van der Waals surface area contributed by atoms with E-state index in [9.17, 15) is 26.4 Å². The molecular weight excluding hydrogens is 443 g/mol. The van der Waals surface area contributed by atoms with Crippen molar-refractivity contribution in [3.05, 3.63) is 54.4 Å². The minimum atomic E-state index is -4.61. The third-order valence-electron chi connectivity index (χ3n) is 6.43. The summed E-state index contributed by atoms with van der Waals surface area (Å²) in [7, 11) is -4.05. The molecule has 10 heteroatoms. The van der Waals surface area contributed by atoms with Crippen LogP contribution in [-0.2, 0) is 21.0 Å². The Bertz CT molecular complexity index is 1040. The second-order valence-electron chi connectivity index (χ2n) is 8.39. The molecule has 2 fully saturated rings. The summed E-state index contributed by atoms with van der Waals surface area (Å²) in [5.41, 5.74) is -0.994. The highest BCUT2D eigenvalue weighted by atomic mass is 32.2. The molecule has 2 aromatic rings. The van der Waals surface area contributed by atoms with Gasteiger partial charge in [-0.25, -0.2) is 8.42 Å². The number of halogens is 3. The van der Waals surface area contributed by atoms with Crippen molar-refractivity contribution in [2.45, 2.75) is 42.8 Å². The SMILES string of the molecule is O=C(C1CCN(S(=O)(=O)c2cccc(C(F)(F)F)c2)CC1)N1CCC(n2cccc2)CC1. The van der Waals surface area contributed by atoms with Crippen molar-refractivity contribution in [1.82, 2.24) is 13.8 Å². The summed E-state index contributed by atoms with van der Waals surface area (Å²) in [6, 6.07) is 8.15. The number of carbonyl (C=O) groups is 1. The smallest absolute Gasteiger partial charge is 0.351 e. The van der Waals surface area contributed by atoms with E-state index in [0.29, 0.717) is 38.0 Å². The summed E-state index contributed by atoms with van der Waals surface area (Å²) in [6.45, 7) is 1.58. The summed E-state index contributed by atoms with van der Waals surface area (Å²) in [5, 5.41) is 0. The predicted octanol–water partition coefficient (Wildman–Crippen LogP) is 3.77. The van der Waals surface area contributed by atoms with E-state index in [2.05, 4.69) is 4.57 Å². The number of rotatable bonds is 4. The summed E-state index contributed by atoms with van der Waals surface area (Å²) < 4.78 is 68.0. The number of alkyl halides is 3. The number of sulfonamides is 1. The topological polar surface area (TPSA) is 62.6 Å². The quantitative estimate of drug-likeness (QED) is 0.685. The van der Waals surface area contributed by atoms with E-state index < -0.39 is 21.8 Å². The molecule has 0 N–H and O–H groups in total. The summed E-state index contributed by atoms with van der Waals surface area (Å²) in [6.07, 6.45) is 1.95. The lowest BCUT2D eigenvalue weighted by Crippen LogP contribution is -2.46. The molecule has 1 amide bonds. The molecule has 0 radical (unpaired) electrons. The predicted molar refractivity (Wildman–Crippen MR) is 112 cm³/mol. The van der Waals surface area contributed by atoms with E-state index in [0.717, 1.165) is 25.0 Å². The van der Waals surface area contributed by atoms with Crippen LogP contribution >= 0.6 is 0 Å². The summed E-state index contributed by atoms with van der Waals surface area (Å²) in [5.74, 6) is -0.210. The van der Waals surface area contributed by atoms with Gasteiger partial charge < -0.3 is 9.47 Å².